The van der Waals surface area contributed by atoms with Crippen molar-refractivity contribution in [3.05, 3.63) is 35.7 Å². The normalized spacial score (nSPS) is 21.8. The number of carbonyl (C=O) groups excluding carboxylic acids is 1. The van der Waals surface area contributed by atoms with E-state index in [0.29, 0.717) is 41.2 Å². The van der Waals surface area contributed by atoms with Crippen molar-refractivity contribution in [3.63, 3.8) is 0 Å². The highest BCUT2D eigenvalue weighted by molar-refractivity contribution is 7.91. The van der Waals surface area contributed by atoms with Crippen LogP contribution in [0.4, 0.5) is 0 Å². The monoisotopic (exact) mass is 374 g/mol. The first-order chi connectivity index (χ1) is 12.4. The molecule has 0 unspecified atom stereocenters. The highest BCUT2D eigenvalue weighted by atomic mass is 32.2. The number of amides is 1. The first-order valence-corrected chi connectivity index (χ1v) is 10.7. The lowest BCUT2D eigenvalue weighted by atomic mass is 10.1. The minimum atomic E-state index is -3.03. The SMILES string of the molecule is C=CCNC(=O)c1cc(C2CC2)nc2c1c(C)nn2[C@@H]1CCS(=O)(=O)C1. The topological polar surface area (TPSA) is 93.9 Å². The lowest BCUT2D eigenvalue weighted by Crippen LogP contribution is -2.24. The largest absolute Gasteiger partial charge is 0.349 e. The molecule has 1 amide bonds. The molecular weight excluding hydrogens is 352 g/mol. The second-order valence-corrected chi connectivity index (χ2v) is 9.38. The molecule has 1 atom stereocenters. The average Bonchev–Trinajstić information content (AvgIpc) is 3.32. The van der Waals surface area contributed by atoms with Crippen molar-refractivity contribution < 1.29 is 13.2 Å². The van der Waals surface area contributed by atoms with Gasteiger partial charge in [-0.15, -0.1) is 6.58 Å². The Kier molecular flexibility index (Phi) is 4.10. The Bertz CT molecular complexity index is 1010. The molecule has 1 aliphatic carbocycles. The summed E-state index contributed by atoms with van der Waals surface area (Å²) in [6, 6.07) is 1.64. The molecule has 7 nitrogen and oxygen atoms in total. The molecule has 2 fully saturated rings. The van der Waals surface area contributed by atoms with Gasteiger partial charge in [0.1, 0.15) is 0 Å². The number of pyridine rings is 1. The predicted molar refractivity (Wildman–Crippen MR) is 99.1 cm³/mol. The Morgan fingerprint density at radius 1 is 1.42 bits per heavy atom. The van der Waals surface area contributed by atoms with E-state index in [1.165, 1.54) is 0 Å². The zero-order valence-corrected chi connectivity index (χ0v) is 15.6. The molecular formula is C18H22N4O3S. The number of hydrogen-bond donors (Lipinski definition) is 1. The molecule has 2 aliphatic rings. The van der Waals surface area contributed by atoms with Gasteiger partial charge >= 0.3 is 0 Å². The minimum Gasteiger partial charge on any atom is -0.349 e. The van der Waals surface area contributed by atoms with Crippen LogP contribution in [-0.2, 0) is 9.84 Å². The van der Waals surface area contributed by atoms with E-state index in [-0.39, 0.29) is 23.5 Å². The standard InChI is InChI=1S/C18H22N4O3S/c1-3-7-19-18(23)14-9-15(12-4-5-12)20-17-16(14)11(2)21-22(17)13-6-8-26(24,25)10-13/h3,9,12-13H,1,4-8,10H2,2H3,(H,19,23)/t13-/m1/s1. The molecule has 2 aromatic rings. The second kappa shape index (κ2) is 6.19. The number of hydrogen-bond acceptors (Lipinski definition) is 5. The van der Waals surface area contributed by atoms with Gasteiger partial charge in [-0.25, -0.2) is 18.1 Å². The Labute approximate surface area is 152 Å². The summed E-state index contributed by atoms with van der Waals surface area (Å²) in [5, 5.41) is 8.11. The molecule has 0 aromatic carbocycles. The number of fused-ring (bicyclic) bond motifs is 1. The number of nitrogens with zero attached hydrogens (tertiary/aromatic N) is 3. The smallest absolute Gasteiger partial charge is 0.252 e. The summed E-state index contributed by atoms with van der Waals surface area (Å²) in [6.45, 7) is 5.85. The maximum absolute atomic E-state index is 12.7. The van der Waals surface area contributed by atoms with E-state index in [2.05, 4.69) is 17.0 Å². The highest BCUT2D eigenvalue weighted by Crippen LogP contribution is 2.41. The van der Waals surface area contributed by atoms with E-state index < -0.39 is 9.84 Å². The fourth-order valence-electron chi connectivity index (χ4n) is 3.58. The van der Waals surface area contributed by atoms with Gasteiger partial charge in [0.05, 0.1) is 34.2 Å². The third-order valence-electron chi connectivity index (χ3n) is 5.06. The summed E-state index contributed by atoms with van der Waals surface area (Å²) in [5.41, 5.74) is 2.77. The molecule has 0 spiro atoms. The van der Waals surface area contributed by atoms with Crippen molar-refractivity contribution in [2.24, 2.45) is 0 Å². The fourth-order valence-corrected chi connectivity index (χ4v) is 5.27. The van der Waals surface area contributed by atoms with Crippen molar-refractivity contribution in [2.45, 2.75) is 38.1 Å². The zero-order valence-electron chi connectivity index (χ0n) is 14.7. The van der Waals surface area contributed by atoms with Crippen LogP contribution in [0, 0.1) is 6.92 Å². The summed E-state index contributed by atoms with van der Waals surface area (Å²) in [5.74, 6) is 0.450. The van der Waals surface area contributed by atoms with Gasteiger partial charge in [-0.05, 0) is 32.3 Å². The summed E-state index contributed by atoms with van der Waals surface area (Å²) in [4.78, 5) is 17.5. The number of rotatable bonds is 5. The quantitative estimate of drug-likeness (QED) is 0.807. The number of carbonyl (C=O) groups is 1. The first-order valence-electron chi connectivity index (χ1n) is 8.89. The fraction of sp³-hybridized carbons (Fsp3) is 0.500. The van der Waals surface area contributed by atoms with Gasteiger partial charge in [-0.3, -0.25) is 4.79 Å². The lowest BCUT2D eigenvalue weighted by molar-refractivity contribution is 0.0959. The van der Waals surface area contributed by atoms with Crippen molar-refractivity contribution in [1.82, 2.24) is 20.1 Å². The predicted octanol–water partition coefficient (Wildman–Crippen LogP) is 1.89. The molecule has 4 rings (SSSR count). The third-order valence-corrected chi connectivity index (χ3v) is 6.81. The van der Waals surface area contributed by atoms with Crippen LogP contribution in [-0.4, -0.2) is 47.1 Å². The third kappa shape index (κ3) is 3.02. The van der Waals surface area contributed by atoms with Crippen LogP contribution < -0.4 is 5.32 Å². The Morgan fingerprint density at radius 2 is 2.19 bits per heavy atom. The second-order valence-electron chi connectivity index (χ2n) is 7.15. The number of nitrogens with one attached hydrogen (secondary N) is 1. The molecule has 8 heteroatoms. The molecule has 1 N–H and O–H groups in total. The summed E-state index contributed by atoms with van der Waals surface area (Å²) in [6.07, 6.45) is 4.30. The van der Waals surface area contributed by atoms with Gasteiger partial charge < -0.3 is 5.32 Å². The van der Waals surface area contributed by atoms with Crippen molar-refractivity contribution in [3.8, 4) is 0 Å². The van der Waals surface area contributed by atoms with Gasteiger partial charge in [-0.2, -0.15) is 5.10 Å². The first kappa shape index (κ1) is 17.2. The van der Waals surface area contributed by atoms with Crippen LogP contribution in [0.3, 0.4) is 0 Å². The molecule has 2 aromatic heterocycles. The van der Waals surface area contributed by atoms with Crippen molar-refractivity contribution in [2.75, 3.05) is 18.1 Å². The van der Waals surface area contributed by atoms with Crippen LogP contribution in [0.15, 0.2) is 18.7 Å². The molecule has 0 radical (unpaired) electrons. The van der Waals surface area contributed by atoms with Crippen LogP contribution in [0.2, 0.25) is 0 Å². The zero-order chi connectivity index (χ0) is 18.5. The Morgan fingerprint density at radius 3 is 2.81 bits per heavy atom. The summed E-state index contributed by atoms with van der Waals surface area (Å²) < 4.78 is 25.5. The van der Waals surface area contributed by atoms with Gasteiger partial charge in [0.2, 0.25) is 0 Å². The van der Waals surface area contributed by atoms with Crippen LogP contribution in [0.25, 0.3) is 11.0 Å². The Balaban J connectivity index is 1.86. The molecule has 1 aliphatic heterocycles. The van der Waals surface area contributed by atoms with Crippen molar-refractivity contribution in [1.29, 1.82) is 0 Å². The molecule has 0 bridgehead atoms. The van der Waals surface area contributed by atoms with Gasteiger partial charge in [0.15, 0.2) is 15.5 Å². The number of sulfone groups is 1. The highest BCUT2D eigenvalue weighted by Gasteiger charge is 2.33. The molecule has 26 heavy (non-hydrogen) atoms. The van der Waals surface area contributed by atoms with E-state index in [9.17, 15) is 13.2 Å². The van der Waals surface area contributed by atoms with Crippen molar-refractivity contribution >= 4 is 26.8 Å². The molecule has 3 heterocycles. The van der Waals surface area contributed by atoms with E-state index in [4.69, 9.17) is 4.98 Å². The van der Waals surface area contributed by atoms with E-state index >= 15 is 0 Å². The van der Waals surface area contributed by atoms with Crippen LogP contribution in [0.5, 0.6) is 0 Å². The van der Waals surface area contributed by atoms with Crippen LogP contribution in [0.1, 0.15) is 53.0 Å². The van der Waals surface area contributed by atoms with E-state index in [0.717, 1.165) is 18.5 Å². The molecule has 1 saturated carbocycles. The lowest BCUT2D eigenvalue weighted by Gasteiger charge is -2.11. The maximum Gasteiger partial charge on any atom is 0.252 e. The molecule has 1 saturated heterocycles. The summed E-state index contributed by atoms with van der Waals surface area (Å²) in [7, 11) is -3.03. The number of aryl methyl sites for hydroxylation is 1. The van der Waals surface area contributed by atoms with E-state index in [1.807, 2.05) is 13.0 Å². The molecule has 138 valence electrons. The average molecular weight is 374 g/mol. The van der Waals surface area contributed by atoms with Gasteiger partial charge in [0.25, 0.3) is 5.91 Å². The van der Waals surface area contributed by atoms with Gasteiger partial charge in [-0.1, -0.05) is 6.08 Å². The van der Waals surface area contributed by atoms with E-state index in [1.54, 1.807) is 10.8 Å². The minimum absolute atomic E-state index is 0.0799. The van der Waals surface area contributed by atoms with Gasteiger partial charge in [0, 0.05) is 18.2 Å². The summed E-state index contributed by atoms with van der Waals surface area (Å²) >= 11 is 0. The Hall–Kier alpha value is -2.22. The maximum atomic E-state index is 12.7. The van der Waals surface area contributed by atoms with Crippen LogP contribution >= 0.6 is 0 Å². The number of aromatic nitrogens is 3.